The molecule has 43 heavy (non-hydrogen) atoms. The fourth-order valence-corrected chi connectivity index (χ4v) is 5.50. The standard InChI is InChI=1S/C30H27F3N6O2S2/c1-18(2)24-13-12-23(41-3)14-25(24)39-26(40)16-43-29(39)36-28(42)34-15-19-4-6-20(7-5-19)27-35-17-38(37-27)22-10-8-21(9-11-22)30(31,32)33/h4-14,17-18H,15-16H2,1-3H3,(H,34,42). The Balaban J connectivity index is 1.24. The van der Waals surface area contributed by atoms with E-state index in [1.54, 1.807) is 12.0 Å². The molecule has 1 fully saturated rings. The molecule has 222 valence electrons. The summed E-state index contributed by atoms with van der Waals surface area (Å²) in [4.78, 5) is 23.3. The summed E-state index contributed by atoms with van der Waals surface area (Å²) >= 11 is 6.82. The Morgan fingerprint density at radius 2 is 1.84 bits per heavy atom. The molecule has 1 N–H and O–H groups in total. The largest absolute Gasteiger partial charge is 0.497 e. The quantitative estimate of drug-likeness (QED) is 0.232. The van der Waals surface area contributed by atoms with E-state index in [1.165, 1.54) is 34.9 Å². The molecule has 4 aromatic rings. The first kappa shape index (κ1) is 30.2. The second kappa shape index (κ2) is 12.6. The third kappa shape index (κ3) is 6.89. The van der Waals surface area contributed by atoms with Gasteiger partial charge in [-0.05, 0) is 59.6 Å². The minimum absolute atomic E-state index is 0.0772. The first-order valence-electron chi connectivity index (χ1n) is 13.2. The molecule has 0 radical (unpaired) electrons. The molecule has 5 rings (SSSR count). The first-order valence-corrected chi connectivity index (χ1v) is 14.6. The van der Waals surface area contributed by atoms with Crippen LogP contribution in [-0.2, 0) is 17.5 Å². The van der Waals surface area contributed by atoms with E-state index in [4.69, 9.17) is 17.0 Å². The molecule has 1 aliphatic rings. The van der Waals surface area contributed by atoms with Gasteiger partial charge in [0, 0.05) is 18.2 Å². The number of amides is 1. The van der Waals surface area contributed by atoms with Gasteiger partial charge in [0.25, 0.3) is 0 Å². The van der Waals surface area contributed by atoms with Crippen LogP contribution in [0.25, 0.3) is 17.1 Å². The molecule has 13 heteroatoms. The number of benzene rings is 3. The van der Waals surface area contributed by atoms with Crippen molar-refractivity contribution in [2.24, 2.45) is 4.99 Å². The lowest BCUT2D eigenvalue weighted by Crippen LogP contribution is -2.32. The Bertz CT molecular complexity index is 1670. The van der Waals surface area contributed by atoms with Crippen LogP contribution in [0.3, 0.4) is 0 Å². The summed E-state index contributed by atoms with van der Waals surface area (Å²) < 4.78 is 45.4. The van der Waals surface area contributed by atoms with Crippen LogP contribution in [0.4, 0.5) is 18.9 Å². The smallest absolute Gasteiger partial charge is 0.416 e. The van der Waals surface area contributed by atoms with Crippen molar-refractivity contribution in [3.05, 3.63) is 89.7 Å². The Morgan fingerprint density at radius 1 is 1.12 bits per heavy atom. The van der Waals surface area contributed by atoms with Crippen LogP contribution in [0.15, 0.2) is 78.0 Å². The van der Waals surface area contributed by atoms with E-state index in [1.807, 2.05) is 42.5 Å². The highest BCUT2D eigenvalue weighted by Gasteiger charge is 2.32. The van der Waals surface area contributed by atoms with Crippen molar-refractivity contribution in [2.45, 2.75) is 32.5 Å². The minimum Gasteiger partial charge on any atom is -0.497 e. The summed E-state index contributed by atoms with van der Waals surface area (Å²) in [5.41, 5.74) is 3.15. The van der Waals surface area contributed by atoms with E-state index < -0.39 is 11.7 Å². The van der Waals surface area contributed by atoms with Crippen molar-refractivity contribution >= 4 is 45.9 Å². The molecule has 1 amide bonds. The summed E-state index contributed by atoms with van der Waals surface area (Å²) in [6, 6.07) is 17.9. The number of rotatable bonds is 7. The zero-order chi connectivity index (χ0) is 30.7. The number of aromatic nitrogens is 3. The fourth-order valence-electron chi connectivity index (χ4n) is 4.41. The maximum absolute atomic E-state index is 12.9. The van der Waals surface area contributed by atoms with Crippen molar-refractivity contribution in [1.29, 1.82) is 0 Å². The molecule has 1 aliphatic heterocycles. The fraction of sp³-hybridized carbons (Fsp3) is 0.233. The highest BCUT2D eigenvalue weighted by molar-refractivity contribution is 8.15. The molecule has 0 bridgehead atoms. The molecular weight excluding hydrogens is 597 g/mol. The molecule has 0 atom stereocenters. The predicted molar refractivity (Wildman–Crippen MR) is 166 cm³/mol. The highest BCUT2D eigenvalue weighted by atomic mass is 32.2. The van der Waals surface area contributed by atoms with Gasteiger partial charge in [-0.3, -0.25) is 9.69 Å². The summed E-state index contributed by atoms with van der Waals surface area (Å²) in [6.45, 7) is 4.53. The summed E-state index contributed by atoms with van der Waals surface area (Å²) in [5, 5.41) is 8.27. The van der Waals surface area contributed by atoms with Crippen LogP contribution < -0.4 is 15.0 Å². The number of hydrogen-bond donors (Lipinski definition) is 1. The number of alkyl halides is 3. The number of nitrogens with zero attached hydrogens (tertiary/aromatic N) is 5. The van der Waals surface area contributed by atoms with E-state index in [2.05, 4.69) is 34.2 Å². The van der Waals surface area contributed by atoms with Gasteiger partial charge in [0.1, 0.15) is 12.1 Å². The van der Waals surface area contributed by atoms with Crippen molar-refractivity contribution in [2.75, 3.05) is 17.8 Å². The van der Waals surface area contributed by atoms with Gasteiger partial charge < -0.3 is 10.1 Å². The number of amidine groups is 1. The van der Waals surface area contributed by atoms with Crippen LogP contribution >= 0.6 is 24.0 Å². The lowest BCUT2D eigenvalue weighted by molar-refractivity contribution is -0.137. The Hall–Kier alpha value is -4.23. The molecule has 8 nitrogen and oxygen atoms in total. The van der Waals surface area contributed by atoms with Crippen LogP contribution in [0.1, 0.15) is 36.5 Å². The topological polar surface area (TPSA) is 84.6 Å². The average molecular weight is 625 g/mol. The van der Waals surface area contributed by atoms with Gasteiger partial charge in [-0.25, -0.2) is 9.67 Å². The lowest BCUT2D eigenvalue weighted by atomic mass is 10.00. The molecule has 2 heterocycles. The maximum Gasteiger partial charge on any atom is 0.416 e. The normalized spacial score (nSPS) is 14.5. The number of nitrogens with one attached hydrogen (secondary N) is 1. The summed E-state index contributed by atoms with van der Waals surface area (Å²) in [7, 11) is 1.59. The monoisotopic (exact) mass is 624 g/mol. The van der Waals surface area contributed by atoms with Gasteiger partial charge in [0.15, 0.2) is 16.1 Å². The van der Waals surface area contributed by atoms with Crippen molar-refractivity contribution in [3.63, 3.8) is 0 Å². The Morgan fingerprint density at radius 3 is 2.49 bits per heavy atom. The van der Waals surface area contributed by atoms with Crippen LogP contribution in [-0.4, -0.2) is 43.8 Å². The molecule has 0 unspecified atom stereocenters. The van der Waals surface area contributed by atoms with Crippen LogP contribution in [0, 0.1) is 0 Å². The van der Waals surface area contributed by atoms with E-state index in [9.17, 15) is 18.0 Å². The molecule has 0 aliphatic carbocycles. The van der Waals surface area contributed by atoms with Gasteiger partial charge >= 0.3 is 6.18 Å². The number of anilines is 1. The predicted octanol–water partition coefficient (Wildman–Crippen LogP) is 6.60. The van der Waals surface area contributed by atoms with Crippen molar-refractivity contribution < 1.29 is 22.7 Å². The average Bonchev–Trinajstić information content (AvgIpc) is 3.62. The van der Waals surface area contributed by atoms with E-state index >= 15 is 0 Å². The van der Waals surface area contributed by atoms with Gasteiger partial charge in [-0.15, -0.1) is 5.10 Å². The maximum atomic E-state index is 12.9. The molecule has 3 aromatic carbocycles. The second-order valence-corrected chi connectivity index (χ2v) is 11.2. The molecule has 1 saturated heterocycles. The van der Waals surface area contributed by atoms with Gasteiger partial charge in [0.05, 0.1) is 29.8 Å². The first-order chi connectivity index (χ1) is 20.5. The van der Waals surface area contributed by atoms with Crippen molar-refractivity contribution in [1.82, 2.24) is 20.1 Å². The molecule has 0 spiro atoms. The van der Waals surface area contributed by atoms with E-state index in [0.717, 1.165) is 34.5 Å². The third-order valence-corrected chi connectivity index (χ3v) is 7.83. The van der Waals surface area contributed by atoms with Gasteiger partial charge in [-0.2, -0.15) is 18.2 Å². The SMILES string of the molecule is COc1ccc(C(C)C)c(N2C(=O)CSC2=NC(=S)NCc2ccc(-c3ncn(-c4ccc(C(F)(F)F)cc4)n3)cc2)c1. The molecule has 0 saturated carbocycles. The Kier molecular flexibility index (Phi) is 8.83. The van der Waals surface area contributed by atoms with Gasteiger partial charge in [-0.1, -0.05) is 55.9 Å². The number of thiocarbonyl (C=S) groups is 1. The van der Waals surface area contributed by atoms with Gasteiger partial charge in [0.2, 0.25) is 5.91 Å². The number of carbonyl (C=O) groups is 1. The zero-order valence-corrected chi connectivity index (χ0v) is 25.1. The van der Waals surface area contributed by atoms with E-state index in [0.29, 0.717) is 29.0 Å². The second-order valence-electron chi connectivity index (χ2n) is 9.90. The number of thioether (sulfide) groups is 1. The summed E-state index contributed by atoms with van der Waals surface area (Å²) in [6.07, 6.45) is -2.95. The molecular formula is C30H27F3N6O2S2. The molecule has 1 aromatic heterocycles. The highest BCUT2D eigenvalue weighted by Crippen LogP contribution is 2.36. The third-order valence-electron chi connectivity index (χ3n) is 6.67. The number of carbonyl (C=O) groups excluding carboxylic acids is 1. The van der Waals surface area contributed by atoms with Crippen molar-refractivity contribution in [3.8, 4) is 22.8 Å². The minimum atomic E-state index is -4.40. The number of hydrogen-bond acceptors (Lipinski definition) is 6. The zero-order valence-electron chi connectivity index (χ0n) is 23.4. The van der Waals surface area contributed by atoms with Crippen LogP contribution in [0.5, 0.6) is 5.75 Å². The number of aliphatic imine (C=N–C) groups is 1. The number of ether oxygens (including phenoxy) is 1. The van der Waals surface area contributed by atoms with Crippen LogP contribution in [0.2, 0.25) is 0 Å². The number of methoxy groups -OCH3 is 1. The lowest BCUT2D eigenvalue weighted by Gasteiger charge is -2.22. The summed E-state index contributed by atoms with van der Waals surface area (Å²) in [5.74, 6) is 1.45. The Labute approximate surface area is 256 Å². The number of halogens is 3. The van der Waals surface area contributed by atoms with E-state index in [-0.39, 0.29) is 22.7 Å².